The zero-order chi connectivity index (χ0) is 19.5. The van der Waals surface area contributed by atoms with Crippen LogP contribution in [0.4, 0.5) is 11.4 Å². The molecule has 0 radical (unpaired) electrons. The molecule has 1 aliphatic heterocycles. The van der Waals surface area contributed by atoms with Gasteiger partial charge in [0.15, 0.2) is 5.58 Å². The number of nitrogens with zero attached hydrogens (tertiary/aromatic N) is 2. The number of fused-ring (bicyclic) bond motifs is 1. The topological polar surface area (TPSA) is 65.8 Å². The SMILES string of the molecule is CC(=O)Nc1cc2cccc(N3CCN(Cc4ccccc4)CC3)c2oc1=O.Cl. The molecule has 2 heterocycles. The second-order valence-corrected chi connectivity index (χ2v) is 7.07. The van der Waals surface area contributed by atoms with Gasteiger partial charge in [0, 0.05) is 45.0 Å². The van der Waals surface area contributed by atoms with Crippen molar-refractivity contribution in [1.82, 2.24) is 4.90 Å². The van der Waals surface area contributed by atoms with E-state index in [4.69, 9.17) is 4.42 Å². The third kappa shape index (κ3) is 4.78. The van der Waals surface area contributed by atoms with Crippen molar-refractivity contribution >= 4 is 40.7 Å². The average molecular weight is 414 g/mol. The Morgan fingerprint density at radius 3 is 2.45 bits per heavy atom. The molecule has 0 unspecified atom stereocenters. The molecule has 1 N–H and O–H groups in total. The molecule has 1 amide bonds. The van der Waals surface area contributed by atoms with E-state index in [1.807, 2.05) is 24.3 Å². The number of rotatable bonds is 4. The van der Waals surface area contributed by atoms with E-state index < -0.39 is 5.63 Å². The number of nitrogens with one attached hydrogen (secondary N) is 1. The zero-order valence-electron chi connectivity index (χ0n) is 16.3. The summed E-state index contributed by atoms with van der Waals surface area (Å²) in [5.74, 6) is -0.294. The second kappa shape index (κ2) is 9.11. The predicted octanol–water partition coefficient (Wildman–Crippen LogP) is 3.50. The van der Waals surface area contributed by atoms with Gasteiger partial charge in [0.2, 0.25) is 5.91 Å². The van der Waals surface area contributed by atoms with Gasteiger partial charge in [-0.25, -0.2) is 4.79 Å². The lowest BCUT2D eigenvalue weighted by Crippen LogP contribution is -2.46. The fraction of sp³-hybridized carbons (Fsp3) is 0.273. The van der Waals surface area contributed by atoms with E-state index in [1.165, 1.54) is 12.5 Å². The number of hydrogen-bond donors (Lipinski definition) is 1. The Balaban J connectivity index is 0.00000240. The second-order valence-electron chi connectivity index (χ2n) is 7.07. The third-order valence-corrected chi connectivity index (χ3v) is 5.01. The van der Waals surface area contributed by atoms with E-state index in [9.17, 15) is 9.59 Å². The van der Waals surface area contributed by atoms with Crippen molar-refractivity contribution in [2.45, 2.75) is 13.5 Å². The molecule has 0 saturated carbocycles. The summed E-state index contributed by atoms with van der Waals surface area (Å²) in [6.07, 6.45) is 0. The first-order valence-electron chi connectivity index (χ1n) is 9.46. The highest BCUT2D eigenvalue weighted by Gasteiger charge is 2.20. The Kier molecular flexibility index (Phi) is 6.56. The molecular weight excluding hydrogens is 390 g/mol. The van der Waals surface area contributed by atoms with E-state index >= 15 is 0 Å². The maximum absolute atomic E-state index is 12.3. The summed E-state index contributed by atoms with van der Waals surface area (Å²) in [4.78, 5) is 28.2. The molecule has 29 heavy (non-hydrogen) atoms. The van der Waals surface area contributed by atoms with Gasteiger partial charge in [-0.2, -0.15) is 0 Å². The van der Waals surface area contributed by atoms with Gasteiger partial charge in [-0.3, -0.25) is 9.69 Å². The molecule has 1 aromatic heterocycles. The molecule has 0 aliphatic carbocycles. The zero-order valence-corrected chi connectivity index (χ0v) is 17.1. The van der Waals surface area contributed by atoms with Crippen molar-refractivity contribution in [2.75, 3.05) is 36.4 Å². The highest BCUT2D eigenvalue weighted by molar-refractivity contribution is 5.94. The molecule has 2 aromatic carbocycles. The minimum atomic E-state index is -0.530. The van der Waals surface area contributed by atoms with Gasteiger partial charge >= 0.3 is 5.63 Å². The van der Waals surface area contributed by atoms with Crippen LogP contribution in [0.25, 0.3) is 11.0 Å². The third-order valence-electron chi connectivity index (χ3n) is 5.01. The summed E-state index contributed by atoms with van der Waals surface area (Å²) in [6, 6.07) is 18.0. The van der Waals surface area contributed by atoms with E-state index in [-0.39, 0.29) is 24.0 Å². The fourth-order valence-electron chi connectivity index (χ4n) is 3.64. The summed E-state index contributed by atoms with van der Waals surface area (Å²) < 4.78 is 5.57. The van der Waals surface area contributed by atoms with Gasteiger partial charge < -0.3 is 14.6 Å². The van der Waals surface area contributed by atoms with Gasteiger partial charge in [-0.05, 0) is 17.7 Å². The fourth-order valence-corrected chi connectivity index (χ4v) is 3.64. The number of piperazine rings is 1. The molecule has 152 valence electrons. The number of amides is 1. The molecule has 7 heteroatoms. The maximum Gasteiger partial charge on any atom is 0.360 e. The van der Waals surface area contributed by atoms with Crippen LogP contribution in [0, 0.1) is 0 Å². The highest BCUT2D eigenvalue weighted by Crippen LogP contribution is 2.28. The normalized spacial score (nSPS) is 14.4. The molecule has 4 rings (SSSR count). The van der Waals surface area contributed by atoms with Crippen LogP contribution in [0.15, 0.2) is 63.8 Å². The lowest BCUT2D eigenvalue weighted by molar-refractivity contribution is -0.114. The van der Waals surface area contributed by atoms with Gasteiger partial charge in [-0.15, -0.1) is 12.4 Å². The van der Waals surface area contributed by atoms with Crippen molar-refractivity contribution < 1.29 is 9.21 Å². The molecule has 1 fully saturated rings. The summed E-state index contributed by atoms with van der Waals surface area (Å²) in [5.41, 5.74) is 2.45. The molecule has 6 nitrogen and oxygen atoms in total. The molecular formula is C22H24ClN3O3. The van der Waals surface area contributed by atoms with Crippen molar-refractivity contribution in [1.29, 1.82) is 0 Å². The standard InChI is InChI=1S/C22H23N3O3.ClH/c1-16(26)23-19-14-18-8-5-9-20(21(18)28-22(19)27)25-12-10-24(11-13-25)15-17-6-3-2-4-7-17;/h2-9,14H,10-13,15H2,1H3,(H,23,26);1H. The lowest BCUT2D eigenvalue weighted by atomic mass is 10.1. The number of carbonyl (C=O) groups is 1. The Morgan fingerprint density at radius 1 is 1.03 bits per heavy atom. The molecule has 0 atom stereocenters. The first-order chi connectivity index (χ1) is 13.6. The van der Waals surface area contributed by atoms with Crippen LogP contribution >= 0.6 is 12.4 Å². The van der Waals surface area contributed by atoms with Crippen LogP contribution < -0.4 is 15.8 Å². The number of benzene rings is 2. The van der Waals surface area contributed by atoms with Gasteiger partial charge in [0.1, 0.15) is 5.69 Å². The minimum Gasteiger partial charge on any atom is -0.419 e. The average Bonchev–Trinajstić information content (AvgIpc) is 2.69. The lowest BCUT2D eigenvalue weighted by Gasteiger charge is -2.36. The van der Waals surface area contributed by atoms with Crippen LogP contribution in [0.2, 0.25) is 0 Å². The predicted molar refractivity (Wildman–Crippen MR) is 118 cm³/mol. The van der Waals surface area contributed by atoms with Gasteiger partial charge in [0.25, 0.3) is 0 Å². The van der Waals surface area contributed by atoms with Crippen molar-refractivity contribution in [2.24, 2.45) is 0 Å². The largest absolute Gasteiger partial charge is 0.419 e. The van der Waals surface area contributed by atoms with Crippen molar-refractivity contribution in [3.05, 3.63) is 70.6 Å². The summed E-state index contributed by atoms with van der Waals surface area (Å²) in [5, 5.41) is 3.33. The molecule has 0 bridgehead atoms. The molecule has 1 aliphatic rings. The minimum absolute atomic E-state index is 0. The van der Waals surface area contributed by atoms with E-state index in [0.29, 0.717) is 5.58 Å². The quantitative estimate of drug-likeness (QED) is 0.663. The van der Waals surface area contributed by atoms with Crippen LogP contribution in [0.3, 0.4) is 0 Å². The number of halogens is 1. The van der Waals surface area contributed by atoms with E-state index in [1.54, 1.807) is 6.07 Å². The molecule has 3 aromatic rings. The highest BCUT2D eigenvalue weighted by atomic mass is 35.5. The molecule has 1 saturated heterocycles. The number of anilines is 2. The Bertz CT molecular complexity index is 1040. The summed E-state index contributed by atoms with van der Waals surface area (Å²) in [7, 11) is 0. The number of para-hydroxylation sites is 1. The monoisotopic (exact) mass is 413 g/mol. The Hall–Kier alpha value is -2.83. The summed E-state index contributed by atoms with van der Waals surface area (Å²) >= 11 is 0. The Morgan fingerprint density at radius 2 is 1.76 bits per heavy atom. The Labute approximate surface area is 175 Å². The smallest absolute Gasteiger partial charge is 0.360 e. The van der Waals surface area contributed by atoms with E-state index in [2.05, 4.69) is 39.4 Å². The first-order valence-corrected chi connectivity index (χ1v) is 9.46. The van der Waals surface area contributed by atoms with E-state index in [0.717, 1.165) is 43.8 Å². The van der Waals surface area contributed by atoms with Crippen LogP contribution in [-0.4, -0.2) is 37.0 Å². The first kappa shape index (κ1) is 20.9. The van der Waals surface area contributed by atoms with Crippen LogP contribution in [0.1, 0.15) is 12.5 Å². The molecule has 0 spiro atoms. The van der Waals surface area contributed by atoms with Crippen molar-refractivity contribution in [3.8, 4) is 0 Å². The van der Waals surface area contributed by atoms with Crippen LogP contribution in [-0.2, 0) is 11.3 Å². The summed E-state index contributed by atoms with van der Waals surface area (Å²) in [6.45, 7) is 5.93. The van der Waals surface area contributed by atoms with Crippen LogP contribution in [0.5, 0.6) is 0 Å². The number of hydrogen-bond acceptors (Lipinski definition) is 5. The van der Waals surface area contributed by atoms with Gasteiger partial charge in [0.05, 0.1) is 5.69 Å². The van der Waals surface area contributed by atoms with Gasteiger partial charge in [-0.1, -0.05) is 42.5 Å². The van der Waals surface area contributed by atoms with Crippen molar-refractivity contribution in [3.63, 3.8) is 0 Å². The maximum atomic E-state index is 12.3. The number of carbonyl (C=O) groups excluding carboxylic acids is 1.